The van der Waals surface area contributed by atoms with Crippen LogP contribution in [0.25, 0.3) is 0 Å². The fraction of sp³-hybridized carbons (Fsp3) is 0.235. The second-order valence-corrected chi connectivity index (χ2v) is 5.33. The standard InChI is InChI=1S/C17H17N3O4/c1-12-6-7-15(24-12)9-18-20-11-16(21)19(10-17(20)22)13-4-3-5-14(8-13)23-2/h3-9H,10-11H2,1-2H3. The highest BCUT2D eigenvalue weighted by atomic mass is 16.5. The molecule has 0 unspecified atom stereocenters. The fourth-order valence-corrected chi connectivity index (χ4v) is 2.37. The highest BCUT2D eigenvalue weighted by molar-refractivity contribution is 6.04. The van der Waals surface area contributed by atoms with Crippen molar-refractivity contribution < 1.29 is 18.7 Å². The number of anilines is 1. The van der Waals surface area contributed by atoms with Crippen LogP contribution in [0.4, 0.5) is 5.69 Å². The normalized spacial score (nSPS) is 15.4. The topological polar surface area (TPSA) is 75.3 Å². The molecule has 1 aromatic carbocycles. The summed E-state index contributed by atoms with van der Waals surface area (Å²) in [4.78, 5) is 26.0. The Balaban J connectivity index is 1.73. The van der Waals surface area contributed by atoms with Crippen LogP contribution in [-0.4, -0.2) is 43.2 Å². The molecule has 0 spiro atoms. The number of piperazine rings is 1. The molecule has 1 saturated heterocycles. The van der Waals surface area contributed by atoms with Crippen LogP contribution in [0, 0.1) is 6.92 Å². The van der Waals surface area contributed by atoms with Crippen molar-refractivity contribution in [1.82, 2.24) is 5.01 Å². The third kappa shape index (κ3) is 3.29. The predicted molar refractivity (Wildman–Crippen MR) is 88.1 cm³/mol. The molecule has 0 saturated carbocycles. The summed E-state index contributed by atoms with van der Waals surface area (Å²) in [5.41, 5.74) is 0.623. The SMILES string of the molecule is COc1cccc(N2CC(=O)N(N=Cc3ccc(C)o3)CC2=O)c1. The van der Waals surface area contributed by atoms with Crippen LogP contribution in [0.15, 0.2) is 45.9 Å². The number of methoxy groups -OCH3 is 1. The van der Waals surface area contributed by atoms with Crippen molar-refractivity contribution in [2.75, 3.05) is 25.1 Å². The first-order valence-electron chi connectivity index (χ1n) is 7.42. The van der Waals surface area contributed by atoms with Crippen LogP contribution in [0.2, 0.25) is 0 Å². The lowest BCUT2D eigenvalue weighted by Gasteiger charge is -2.31. The second-order valence-electron chi connectivity index (χ2n) is 5.33. The van der Waals surface area contributed by atoms with E-state index >= 15 is 0 Å². The Kier molecular flexibility index (Phi) is 4.33. The number of carbonyl (C=O) groups is 2. The summed E-state index contributed by atoms with van der Waals surface area (Å²) in [6, 6.07) is 10.6. The molecule has 0 atom stereocenters. The molecule has 3 rings (SSSR count). The van der Waals surface area contributed by atoms with Gasteiger partial charge in [0.25, 0.3) is 5.91 Å². The van der Waals surface area contributed by atoms with E-state index in [-0.39, 0.29) is 24.9 Å². The maximum absolute atomic E-state index is 12.4. The first-order valence-corrected chi connectivity index (χ1v) is 7.42. The molecule has 0 bridgehead atoms. The molecule has 1 aliphatic rings. The van der Waals surface area contributed by atoms with Gasteiger partial charge in [0.05, 0.1) is 13.3 Å². The van der Waals surface area contributed by atoms with Crippen LogP contribution in [0.5, 0.6) is 5.75 Å². The number of hydrogen-bond donors (Lipinski definition) is 0. The first kappa shape index (κ1) is 15.8. The number of rotatable bonds is 4. The van der Waals surface area contributed by atoms with E-state index in [0.29, 0.717) is 17.2 Å². The minimum atomic E-state index is -0.267. The molecule has 1 aliphatic heterocycles. The average molecular weight is 327 g/mol. The van der Waals surface area contributed by atoms with Gasteiger partial charge in [-0.1, -0.05) is 6.07 Å². The van der Waals surface area contributed by atoms with Crippen LogP contribution in [-0.2, 0) is 9.59 Å². The lowest BCUT2D eigenvalue weighted by molar-refractivity contribution is -0.138. The molecule has 1 fully saturated rings. The van der Waals surface area contributed by atoms with Gasteiger partial charge in [-0.2, -0.15) is 5.10 Å². The van der Waals surface area contributed by atoms with Crippen LogP contribution in [0.1, 0.15) is 11.5 Å². The van der Waals surface area contributed by atoms with Crippen LogP contribution in [0.3, 0.4) is 0 Å². The molecule has 0 N–H and O–H groups in total. The van der Waals surface area contributed by atoms with E-state index in [0.717, 1.165) is 10.8 Å². The molecule has 7 nitrogen and oxygen atoms in total. The van der Waals surface area contributed by atoms with Crippen molar-refractivity contribution in [3.8, 4) is 5.75 Å². The zero-order chi connectivity index (χ0) is 17.1. The number of amides is 2. The van der Waals surface area contributed by atoms with E-state index in [2.05, 4.69) is 5.10 Å². The third-order valence-electron chi connectivity index (χ3n) is 3.62. The number of benzene rings is 1. The van der Waals surface area contributed by atoms with Gasteiger partial charge < -0.3 is 14.1 Å². The zero-order valence-electron chi connectivity index (χ0n) is 13.4. The molecule has 24 heavy (non-hydrogen) atoms. The molecular weight excluding hydrogens is 310 g/mol. The molecule has 7 heteroatoms. The Morgan fingerprint density at radius 1 is 1.17 bits per heavy atom. The molecular formula is C17H17N3O4. The largest absolute Gasteiger partial charge is 0.497 e. The first-order chi connectivity index (χ1) is 11.6. The lowest BCUT2D eigenvalue weighted by atomic mass is 10.2. The maximum atomic E-state index is 12.4. The molecule has 0 radical (unpaired) electrons. The Hall–Kier alpha value is -3.09. The zero-order valence-corrected chi connectivity index (χ0v) is 13.4. The molecule has 2 heterocycles. The summed E-state index contributed by atoms with van der Waals surface area (Å²) in [7, 11) is 1.55. The van der Waals surface area contributed by atoms with Crippen LogP contribution >= 0.6 is 0 Å². The van der Waals surface area contributed by atoms with Gasteiger partial charge in [0.15, 0.2) is 0 Å². The lowest BCUT2D eigenvalue weighted by Crippen LogP contribution is -2.52. The number of ether oxygens (including phenoxy) is 1. The van der Waals surface area contributed by atoms with Crippen molar-refractivity contribution in [2.45, 2.75) is 6.92 Å². The Bertz CT molecular complexity index is 797. The van der Waals surface area contributed by atoms with Gasteiger partial charge >= 0.3 is 0 Å². The quantitative estimate of drug-likeness (QED) is 0.803. The maximum Gasteiger partial charge on any atom is 0.263 e. The fourth-order valence-electron chi connectivity index (χ4n) is 2.37. The van der Waals surface area contributed by atoms with Crippen molar-refractivity contribution >= 4 is 23.7 Å². The number of hydrazone groups is 1. The smallest absolute Gasteiger partial charge is 0.263 e. The van der Waals surface area contributed by atoms with E-state index in [4.69, 9.17) is 9.15 Å². The van der Waals surface area contributed by atoms with Crippen molar-refractivity contribution in [3.05, 3.63) is 47.9 Å². The summed E-state index contributed by atoms with van der Waals surface area (Å²) in [5.74, 6) is 1.43. The van der Waals surface area contributed by atoms with Crippen LogP contribution < -0.4 is 9.64 Å². The third-order valence-corrected chi connectivity index (χ3v) is 3.62. The van der Waals surface area contributed by atoms with E-state index in [1.807, 2.05) is 6.92 Å². The monoisotopic (exact) mass is 327 g/mol. The number of aryl methyl sites for hydroxylation is 1. The number of hydrogen-bond acceptors (Lipinski definition) is 5. The van der Waals surface area contributed by atoms with E-state index < -0.39 is 0 Å². The van der Waals surface area contributed by atoms with Gasteiger partial charge in [-0.3, -0.25) is 9.59 Å². The van der Waals surface area contributed by atoms with E-state index in [1.54, 1.807) is 43.5 Å². The number of nitrogens with zero attached hydrogens (tertiary/aromatic N) is 3. The summed E-state index contributed by atoms with van der Waals surface area (Å²) < 4.78 is 10.5. The Labute approximate surface area is 139 Å². The van der Waals surface area contributed by atoms with Crippen molar-refractivity contribution in [1.29, 1.82) is 0 Å². The molecule has 0 aliphatic carbocycles. The molecule has 2 aromatic rings. The average Bonchev–Trinajstić information content (AvgIpc) is 3.00. The minimum Gasteiger partial charge on any atom is -0.497 e. The number of carbonyl (C=O) groups excluding carboxylic acids is 2. The van der Waals surface area contributed by atoms with Crippen molar-refractivity contribution in [3.63, 3.8) is 0 Å². The van der Waals surface area contributed by atoms with E-state index in [1.165, 1.54) is 11.1 Å². The molecule has 1 aromatic heterocycles. The second kappa shape index (κ2) is 6.57. The minimum absolute atomic E-state index is 0.0689. The van der Waals surface area contributed by atoms with Gasteiger partial charge in [0.1, 0.15) is 30.4 Å². The highest BCUT2D eigenvalue weighted by Crippen LogP contribution is 2.23. The molecule has 2 amide bonds. The van der Waals surface area contributed by atoms with Gasteiger partial charge in [-0.15, -0.1) is 0 Å². The summed E-state index contributed by atoms with van der Waals surface area (Å²) in [6.07, 6.45) is 1.43. The Morgan fingerprint density at radius 2 is 2.00 bits per heavy atom. The van der Waals surface area contributed by atoms with Crippen molar-refractivity contribution in [2.24, 2.45) is 5.10 Å². The van der Waals surface area contributed by atoms with E-state index in [9.17, 15) is 9.59 Å². The van der Waals surface area contributed by atoms with Gasteiger partial charge in [-0.05, 0) is 31.2 Å². The summed E-state index contributed by atoms with van der Waals surface area (Å²) in [5, 5.41) is 5.20. The summed E-state index contributed by atoms with van der Waals surface area (Å²) in [6.45, 7) is 1.63. The summed E-state index contributed by atoms with van der Waals surface area (Å²) >= 11 is 0. The van der Waals surface area contributed by atoms with Gasteiger partial charge in [0, 0.05) is 11.8 Å². The predicted octanol–water partition coefficient (Wildman–Crippen LogP) is 1.81. The number of furan rings is 1. The van der Waals surface area contributed by atoms with Gasteiger partial charge in [0.2, 0.25) is 5.91 Å². The Morgan fingerprint density at radius 3 is 2.71 bits per heavy atom. The molecule has 124 valence electrons. The van der Waals surface area contributed by atoms with Gasteiger partial charge in [-0.25, -0.2) is 5.01 Å². The highest BCUT2D eigenvalue weighted by Gasteiger charge is 2.30.